The first-order valence-corrected chi connectivity index (χ1v) is 10.1. The highest BCUT2D eigenvalue weighted by molar-refractivity contribution is 5.86. The molecule has 8 nitrogen and oxygen atoms in total. The van der Waals surface area contributed by atoms with Crippen molar-refractivity contribution in [3.05, 3.63) is 69.1 Å². The molecule has 0 fully saturated rings. The molecule has 0 aliphatic rings. The molecule has 2 aromatic carbocycles. The normalized spacial score (nSPS) is 11.8. The summed E-state index contributed by atoms with van der Waals surface area (Å²) in [6.07, 6.45) is 0.123. The summed E-state index contributed by atoms with van der Waals surface area (Å²) in [5.41, 5.74) is 2.38. The minimum Gasteiger partial charge on any atom is -0.508 e. The summed E-state index contributed by atoms with van der Waals surface area (Å²) >= 11 is 0. The molecule has 0 saturated heterocycles. The van der Waals surface area contributed by atoms with Gasteiger partial charge in [-0.1, -0.05) is 12.1 Å². The van der Waals surface area contributed by atoms with Gasteiger partial charge in [-0.25, -0.2) is 9.59 Å². The van der Waals surface area contributed by atoms with Crippen LogP contribution in [0.4, 0.5) is 0 Å². The number of aliphatic carboxylic acids is 1. The van der Waals surface area contributed by atoms with Crippen LogP contribution >= 0.6 is 0 Å². The number of benzene rings is 2. The van der Waals surface area contributed by atoms with Crippen LogP contribution in [-0.2, 0) is 22.4 Å². The van der Waals surface area contributed by atoms with Crippen molar-refractivity contribution in [1.82, 2.24) is 5.32 Å². The van der Waals surface area contributed by atoms with Crippen LogP contribution in [0.3, 0.4) is 0 Å². The van der Waals surface area contributed by atoms with Gasteiger partial charge in [-0.2, -0.15) is 0 Å². The van der Waals surface area contributed by atoms with E-state index >= 15 is 0 Å². The van der Waals surface area contributed by atoms with E-state index in [9.17, 15) is 24.6 Å². The summed E-state index contributed by atoms with van der Waals surface area (Å²) in [5, 5.41) is 22.1. The van der Waals surface area contributed by atoms with Gasteiger partial charge in [-0.15, -0.1) is 0 Å². The van der Waals surface area contributed by atoms with Crippen LogP contribution in [-0.4, -0.2) is 35.2 Å². The van der Waals surface area contributed by atoms with Gasteiger partial charge in [0.1, 0.15) is 23.1 Å². The Kier molecular flexibility index (Phi) is 6.82. The zero-order valence-electron chi connectivity index (χ0n) is 18.1. The van der Waals surface area contributed by atoms with Crippen LogP contribution in [0, 0.1) is 13.8 Å². The fourth-order valence-electron chi connectivity index (χ4n) is 3.65. The molecule has 1 atom stereocenters. The minimum absolute atomic E-state index is 0.0639. The number of amides is 1. The Balaban J connectivity index is 1.73. The Labute approximate surface area is 184 Å². The number of hydrogen-bond acceptors (Lipinski definition) is 6. The molecule has 0 aliphatic heterocycles. The topological polar surface area (TPSA) is 126 Å². The Morgan fingerprint density at radius 2 is 1.78 bits per heavy atom. The first kappa shape index (κ1) is 22.9. The van der Waals surface area contributed by atoms with Gasteiger partial charge >= 0.3 is 11.6 Å². The summed E-state index contributed by atoms with van der Waals surface area (Å²) in [6, 6.07) is 8.57. The van der Waals surface area contributed by atoms with Crippen molar-refractivity contribution in [2.45, 2.75) is 39.2 Å². The average molecular weight is 439 g/mol. The number of carbonyl (C=O) groups is 2. The van der Waals surface area contributed by atoms with E-state index in [0.717, 1.165) is 5.39 Å². The molecule has 3 N–H and O–H groups in total. The van der Waals surface area contributed by atoms with Crippen molar-refractivity contribution >= 4 is 22.8 Å². The smallest absolute Gasteiger partial charge is 0.339 e. The predicted molar refractivity (Wildman–Crippen MR) is 118 cm³/mol. The van der Waals surface area contributed by atoms with E-state index < -0.39 is 23.5 Å². The summed E-state index contributed by atoms with van der Waals surface area (Å²) in [6.45, 7) is 3.60. The number of carboxylic acids is 1. The van der Waals surface area contributed by atoms with Crippen LogP contribution in [0.5, 0.6) is 11.5 Å². The highest BCUT2D eigenvalue weighted by atomic mass is 16.5. The van der Waals surface area contributed by atoms with Gasteiger partial charge in [0.05, 0.1) is 7.11 Å². The van der Waals surface area contributed by atoms with Crippen LogP contribution in [0.2, 0.25) is 0 Å². The van der Waals surface area contributed by atoms with Gasteiger partial charge in [0.15, 0.2) is 0 Å². The van der Waals surface area contributed by atoms with Crippen molar-refractivity contribution < 1.29 is 29.0 Å². The summed E-state index contributed by atoms with van der Waals surface area (Å²) in [4.78, 5) is 36.6. The summed E-state index contributed by atoms with van der Waals surface area (Å²) in [5.74, 6) is -0.971. The second kappa shape index (κ2) is 9.55. The van der Waals surface area contributed by atoms with Gasteiger partial charge in [0.25, 0.3) is 0 Å². The van der Waals surface area contributed by atoms with E-state index in [-0.39, 0.29) is 25.0 Å². The molecular weight excluding hydrogens is 414 g/mol. The summed E-state index contributed by atoms with van der Waals surface area (Å²) < 4.78 is 10.8. The van der Waals surface area contributed by atoms with Crippen LogP contribution in [0.15, 0.2) is 45.6 Å². The molecule has 0 spiro atoms. The Hall–Kier alpha value is -3.81. The number of rotatable bonds is 8. The number of phenolic OH excluding ortho intramolecular Hbond substituents is 1. The zero-order chi connectivity index (χ0) is 23.4. The van der Waals surface area contributed by atoms with Crippen molar-refractivity contribution in [3.63, 3.8) is 0 Å². The molecule has 0 saturated carbocycles. The number of carbonyl (C=O) groups excluding carboxylic acids is 1. The number of phenols is 1. The van der Waals surface area contributed by atoms with E-state index in [0.29, 0.717) is 33.6 Å². The second-order valence-electron chi connectivity index (χ2n) is 7.59. The Morgan fingerprint density at radius 3 is 2.41 bits per heavy atom. The lowest BCUT2D eigenvalue weighted by Gasteiger charge is -2.15. The molecule has 8 heteroatoms. The molecule has 0 radical (unpaired) electrons. The number of carboxylic acid groups (broad SMARTS) is 1. The number of aromatic hydroxyl groups is 1. The molecular formula is C24H25NO7. The lowest BCUT2D eigenvalue weighted by Crippen LogP contribution is -2.42. The number of fused-ring (bicyclic) bond motifs is 1. The van der Waals surface area contributed by atoms with Gasteiger partial charge in [-0.3, -0.25) is 4.79 Å². The number of aryl methyl sites for hydroxylation is 2. The van der Waals surface area contributed by atoms with Crippen molar-refractivity contribution in [1.29, 1.82) is 0 Å². The molecule has 0 unspecified atom stereocenters. The fourth-order valence-corrected chi connectivity index (χ4v) is 3.65. The highest BCUT2D eigenvalue weighted by Gasteiger charge is 2.21. The molecule has 1 aromatic heterocycles. The van der Waals surface area contributed by atoms with Crippen molar-refractivity contribution in [2.75, 3.05) is 7.11 Å². The lowest BCUT2D eigenvalue weighted by molar-refractivity contribution is -0.141. The second-order valence-corrected chi connectivity index (χ2v) is 7.59. The maximum Gasteiger partial charge on any atom is 0.339 e. The minimum atomic E-state index is -1.17. The molecule has 32 heavy (non-hydrogen) atoms. The van der Waals surface area contributed by atoms with Gasteiger partial charge in [0, 0.05) is 29.4 Å². The van der Waals surface area contributed by atoms with E-state index in [1.807, 2.05) is 0 Å². The van der Waals surface area contributed by atoms with E-state index in [1.54, 1.807) is 38.1 Å². The van der Waals surface area contributed by atoms with Crippen molar-refractivity contribution in [3.8, 4) is 11.5 Å². The van der Waals surface area contributed by atoms with E-state index in [2.05, 4.69) is 5.32 Å². The standard InChI is InChI=1S/C24H25NO7/c1-13-17-8-10-20(31-3)14(2)22(17)32-24(30)18(13)9-11-21(27)25-19(23(28)29)12-15-4-6-16(26)7-5-15/h4-8,10,19,26H,9,11-12H2,1-3H3,(H,25,27)(H,28,29)/t19-/m1/s1. The Bertz CT molecular complexity index is 1210. The largest absolute Gasteiger partial charge is 0.508 e. The van der Waals surface area contributed by atoms with Gasteiger partial charge < -0.3 is 24.7 Å². The zero-order valence-corrected chi connectivity index (χ0v) is 18.1. The third-order valence-corrected chi connectivity index (χ3v) is 5.49. The molecule has 168 valence electrons. The predicted octanol–water partition coefficient (Wildman–Crippen LogP) is 2.87. The average Bonchev–Trinajstić information content (AvgIpc) is 2.75. The van der Waals surface area contributed by atoms with Gasteiger partial charge in [0.2, 0.25) is 5.91 Å². The highest BCUT2D eigenvalue weighted by Crippen LogP contribution is 2.29. The van der Waals surface area contributed by atoms with Crippen LogP contribution in [0.1, 0.15) is 28.7 Å². The number of hydrogen-bond donors (Lipinski definition) is 3. The maximum atomic E-state index is 12.6. The number of methoxy groups -OCH3 is 1. The monoisotopic (exact) mass is 439 g/mol. The van der Waals surface area contributed by atoms with Crippen molar-refractivity contribution in [2.24, 2.45) is 0 Å². The molecule has 1 heterocycles. The molecule has 1 amide bonds. The van der Waals surface area contributed by atoms with E-state index in [1.165, 1.54) is 19.2 Å². The van der Waals surface area contributed by atoms with Crippen LogP contribution in [0.25, 0.3) is 11.0 Å². The third kappa shape index (κ3) is 4.91. The lowest BCUT2D eigenvalue weighted by atomic mass is 10.00. The van der Waals surface area contributed by atoms with E-state index in [4.69, 9.17) is 9.15 Å². The maximum absolute atomic E-state index is 12.6. The molecule has 3 rings (SSSR count). The Morgan fingerprint density at radius 1 is 1.09 bits per heavy atom. The first-order valence-electron chi connectivity index (χ1n) is 10.1. The first-order chi connectivity index (χ1) is 15.2. The molecule has 0 bridgehead atoms. The number of ether oxygens (including phenoxy) is 1. The van der Waals surface area contributed by atoms with Crippen LogP contribution < -0.4 is 15.7 Å². The summed E-state index contributed by atoms with van der Waals surface area (Å²) in [7, 11) is 1.54. The fraction of sp³-hybridized carbons (Fsp3) is 0.292. The van der Waals surface area contributed by atoms with Gasteiger partial charge in [-0.05, 0) is 55.7 Å². The molecule has 3 aromatic rings. The quantitative estimate of drug-likeness (QED) is 0.461. The third-order valence-electron chi connectivity index (χ3n) is 5.49. The number of nitrogens with one attached hydrogen (secondary N) is 1. The molecule has 0 aliphatic carbocycles. The SMILES string of the molecule is COc1ccc2c(C)c(CCC(=O)N[C@H](Cc3ccc(O)cc3)C(=O)O)c(=O)oc2c1C.